The van der Waals surface area contributed by atoms with E-state index in [1.54, 1.807) is 25.3 Å². The Morgan fingerprint density at radius 1 is 1.44 bits per heavy atom. The summed E-state index contributed by atoms with van der Waals surface area (Å²) in [5, 5.41) is 7.33. The molecule has 2 aromatic rings. The van der Waals surface area contributed by atoms with E-state index in [-0.39, 0.29) is 11.6 Å². The van der Waals surface area contributed by atoms with Crippen LogP contribution in [0.4, 0.5) is 4.39 Å². The quantitative estimate of drug-likeness (QED) is 0.788. The minimum absolute atomic E-state index is 0.0632. The van der Waals surface area contributed by atoms with Crippen molar-refractivity contribution in [1.29, 1.82) is 0 Å². The van der Waals surface area contributed by atoms with Crippen LogP contribution >= 0.6 is 0 Å². The molecule has 1 N–H and O–H groups in total. The number of aromatic amines is 1. The molecule has 1 aromatic heterocycles. The molecule has 0 amide bonds. The van der Waals surface area contributed by atoms with E-state index in [1.165, 1.54) is 13.0 Å². The van der Waals surface area contributed by atoms with Crippen LogP contribution in [0.2, 0.25) is 0 Å². The highest BCUT2D eigenvalue weighted by Crippen LogP contribution is 2.19. The number of hydrogen-bond acceptors (Lipinski definition) is 2. The number of fused-ring (bicyclic) bond motifs is 1. The van der Waals surface area contributed by atoms with Gasteiger partial charge < -0.3 is 0 Å². The first-order chi connectivity index (χ1) is 7.58. The van der Waals surface area contributed by atoms with E-state index in [2.05, 4.69) is 10.2 Å². The van der Waals surface area contributed by atoms with Crippen LogP contribution in [0.5, 0.6) is 0 Å². The van der Waals surface area contributed by atoms with Gasteiger partial charge in [0.1, 0.15) is 5.82 Å². The Morgan fingerprint density at radius 3 is 2.88 bits per heavy atom. The van der Waals surface area contributed by atoms with Crippen LogP contribution in [0, 0.1) is 5.82 Å². The Morgan fingerprint density at radius 2 is 2.19 bits per heavy atom. The molecule has 2 rings (SSSR count). The molecule has 3 nitrogen and oxygen atoms in total. The minimum atomic E-state index is -0.364. The maximum absolute atomic E-state index is 13.6. The highest BCUT2D eigenvalue weighted by molar-refractivity contribution is 5.97. The summed E-state index contributed by atoms with van der Waals surface area (Å²) in [6.45, 7) is 3.13. The second-order valence-electron chi connectivity index (χ2n) is 3.71. The molecule has 1 aromatic carbocycles. The van der Waals surface area contributed by atoms with Crippen molar-refractivity contribution < 1.29 is 9.18 Å². The summed E-state index contributed by atoms with van der Waals surface area (Å²) >= 11 is 0. The number of Topliss-reactive ketones (excluding diaryl/α,β-unsaturated/α-hetero) is 1. The molecule has 0 aliphatic heterocycles. The number of carbonyl (C=O) groups excluding carboxylic acids is 1. The van der Waals surface area contributed by atoms with Gasteiger partial charge in [-0.3, -0.25) is 9.89 Å². The smallest absolute Gasteiger partial charge is 0.155 e. The molecule has 0 fully saturated rings. The van der Waals surface area contributed by atoms with E-state index in [9.17, 15) is 9.18 Å². The summed E-state index contributed by atoms with van der Waals surface area (Å²) in [5.41, 5.74) is 1.58. The molecule has 0 unspecified atom stereocenters. The predicted molar refractivity (Wildman–Crippen MR) is 60.4 cm³/mol. The number of allylic oxidation sites excluding steroid dienone is 1. The number of aromatic nitrogens is 2. The first-order valence-electron chi connectivity index (χ1n) is 4.90. The Balaban J connectivity index is 2.55. The van der Waals surface area contributed by atoms with Gasteiger partial charge in [-0.1, -0.05) is 0 Å². The molecule has 0 atom stereocenters. The van der Waals surface area contributed by atoms with E-state index in [0.717, 1.165) is 5.39 Å². The van der Waals surface area contributed by atoms with Crippen LogP contribution in [0.25, 0.3) is 17.0 Å². The number of nitrogens with zero attached hydrogens (tertiary/aromatic N) is 1. The topological polar surface area (TPSA) is 45.8 Å². The van der Waals surface area contributed by atoms with Crippen molar-refractivity contribution in [2.75, 3.05) is 0 Å². The molecule has 0 radical (unpaired) electrons. The average Bonchev–Trinajstić information content (AvgIpc) is 2.65. The lowest BCUT2D eigenvalue weighted by Crippen LogP contribution is -1.92. The third kappa shape index (κ3) is 1.86. The summed E-state index contributed by atoms with van der Waals surface area (Å²) in [5.74, 6) is -0.427. The monoisotopic (exact) mass is 218 g/mol. The molecule has 82 valence electrons. The standard InChI is InChI=1S/C12H11FN2O/c1-7(8(2)16)3-9-4-10-6-14-15-12(10)5-11(9)13/h3-6H,1-2H3,(H,14,15). The molecule has 4 heteroatoms. The summed E-state index contributed by atoms with van der Waals surface area (Å²) in [6, 6.07) is 3.04. The van der Waals surface area contributed by atoms with Crippen LogP contribution < -0.4 is 0 Å². The predicted octanol–water partition coefficient (Wildman–Crippen LogP) is 2.69. The van der Waals surface area contributed by atoms with Gasteiger partial charge in [0.2, 0.25) is 0 Å². The van der Waals surface area contributed by atoms with Gasteiger partial charge in [0.05, 0.1) is 11.7 Å². The van der Waals surface area contributed by atoms with Gasteiger partial charge in [-0.05, 0) is 31.6 Å². The van der Waals surface area contributed by atoms with E-state index < -0.39 is 0 Å². The molecule has 0 spiro atoms. The van der Waals surface area contributed by atoms with E-state index in [1.807, 2.05) is 0 Å². The highest BCUT2D eigenvalue weighted by atomic mass is 19.1. The first kappa shape index (κ1) is 10.5. The van der Waals surface area contributed by atoms with Crippen molar-refractivity contribution in [3.8, 4) is 0 Å². The van der Waals surface area contributed by atoms with E-state index in [0.29, 0.717) is 16.7 Å². The third-order valence-corrected chi connectivity index (χ3v) is 2.48. The van der Waals surface area contributed by atoms with Crippen molar-refractivity contribution in [3.63, 3.8) is 0 Å². The Hall–Kier alpha value is -1.97. The first-order valence-corrected chi connectivity index (χ1v) is 4.90. The zero-order valence-electron chi connectivity index (χ0n) is 9.04. The van der Waals surface area contributed by atoms with Gasteiger partial charge >= 0.3 is 0 Å². The van der Waals surface area contributed by atoms with Crippen molar-refractivity contribution in [2.24, 2.45) is 0 Å². The summed E-state index contributed by atoms with van der Waals surface area (Å²) in [7, 11) is 0. The Labute approximate surface area is 92.0 Å². The van der Waals surface area contributed by atoms with E-state index >= 15 is 0 Å². The molecule has 1 heterocycles. The van der Waals surface area contributed by atoms with Crippen LogP contribution in [0.1, 0.15) is 19.4 Å². The molecule has 0 bridgehead atoms. The summed E-state index contributed by atoms with van der Waals surface area (Å²) in [6.07, 6.45) is 3.17. The molecule has 0 saturated heterocycles. The zero-order chi connectivity index (χ0) is 11.7. The van der Waals surface area contributed by atoms with Gasteiger partial charge in [-0.15, -0.1) is 0 Å². The van der Waals surface area contributed by atoms with Gasteiger partial charge in [0.15, 0.2) is 5.78 Å². The summed E-state index contributed by atoms with van der Waals surface area (Å²) < 4.78 is 13.6. The molecule has 0 aliphatic rings. The lowest BCUT2D eigenvalue weighted by Gasteiger charge is -1.99. The fourth-order valence-electron chi connectivity index (χ4n) is 1.43. The maximum Gasteiger partial charge on any atom is 0.155 e. The zero-order valence-corrected chi connectivity index (χ0v) is 9.04. The van der Waals surface area contributed by atoms with Crippen molar-refractivity contribution in [1.82, 2.24) is 10.2 Å². The van der Waals surface area contributed by atoms with Crippen molar-refractivity contribution in [3.05, 3.63) is 35.3 Å². The highest BCUT2D eigenvalue weighted by Gasteiger charge is 2.05. The average molecular weight is 218 g/mol. The summed E-state index contributed by atoms with van der Waals surface area (Å²) in [4.78, 5) is 11.1. The number of H-pyrrole nitrogens is 1. The van der Waals surface area contributed by atoms with Crippen LogP contribution in [-0.4, -0.2) is 16.0 Å². The second kappa shape index (κ2) is 3.89. The fraction of sp³-hybridized carbons (Fsp3) is 0.167. The lowest BCUT2D eigenvalue weighted by molar-refractivity contribution is -0.113. The Kier molecular flexibility index (Phi) is 2.56. The fourth-order valence-corrected chi connectivity index (χ4v) is 1.43. The van der Waals surface area contributed by atoms with Gasteiger partial charge in [0.25, 0.3) is 0 Å². The van der Waals surface area contributed by atoms with E-state index in [4.69, 9.17) is 0 Å². The molecule has 16 heavy (non-hydrogen) atoms. The van der Waals surface area contributed by atoms with Crippen molar-refractivity contribution >= 4 is 22.8 Å². The van der Waals surface area contributed by atoms with Crippen LogP contribution in [0.3, 0.4) is 0 Å². The van der Waals surface area contributed by atoms with Crippen molar-refractivity contribution in [2.45, 2.75) is 13.8 Å². The SMILES string of the molecule is CC(=O)C(C)=Cc1cc2cn[nH]c2cc1F. The number of halogens is 1. The number of rotatable bonds is 2. The number of carbonyl (C=O) groups is 1. The van der Waals surface area contributed by atoms with Gasteiger partial charge in [-0.2, -0.15) is 5.10 Å². The normalized spacial score (nSPS) is 12.1. The van der Waals surface area contributed by atoms with Gasteiger partial charge in [0, 0.05) is 17.0 Å². The molecule has 0 aliphatic carbocycles. The third-order valence-electron chi connectivity index (χ3n) is 2.48. The second-order valence-corrected chi connectivity index (χ2v) is 3.71. The number of nitrogens with one attached hydrogen (secondary N) is 1. The van der Waals surface area contributed by atoms with Crippen LogP contribution in [0.15, 0.2) is 23.9 Å². The molecular weight excluding hydrogens is 207 g/mol. The van der Waals surface area contributed by atoms with Gasteiger partial charge in [-0.25, -0.2) is 4.39 Å². The number of benzene rings is 1. The minimum Gasteiger partial charge on any atom is -0.295 e. The Bertz CT molecular complexity index is 584. The maximum atomic E-state index is 13.6. The lowest BCUT2D eigenvalue weighted by atomic mass is 10.1. The molecule has 0 saturated carbocycles. The molecular formula is C12H11FN2O. The number of ketones is 1. The largest absolute Gasteiger partial charge is 0.295 e. The van der Waals surface area contributed by atoms with Crippen LogP contribution in [-0.2, 0) is 4.79 Å². The number of hydrogen-bond donors (Lipinski definition) is 1.